The van der Waals surface area contributed by atoms with Crippen molar-refractivity contribution in [1.82, 2.24) is 4.98 Å². The Balaban J connectivity index is 2.09. The number of nitrogens with one attached hydrogen (secondary N) is 1. The van der Waals surface area contributed by atoms with E-state index in [1.807, 2.05) is 24.3 Å². The molecular weight excluding hydrogens is 268 g/mol. The molecule has 16 heavy (non-hydrogen) atoms. The van der Waals surface area contributed by atoms with Gasteiger partial charge in [-0.15, -0.1) is 0 Å². The standard InChI is InChI=1S/C12H11BrN2O/c13-12-9(4-3-7-14-12)8-15-10-5-1-2-6-11(10)16/h1-7,15-16H,8H2. The second-order valence-corrected chi connectivity index (χ2v) is 4.08. The number of hydrogen-bond acceptors (Lipinski definition) is 3. The van der Waals surface area contributed by atoms with E-state index in [4.69, 9.17) is 0 Å². The fourth-order valence-corrected chi connectivity index (χ4v) is 1.76. The number of phenolic OH excluding ortho intramolecular Hbond substituents is 1. The SMILES string of the molecule is Oc1ccccc1NCc1cccnc1Br. The van der Waals surface area contributed by atoms with Gasteiger partial charge in [0.15, 0.2) is 0 Å². The summed E-state index contributed by atoms with van der Waals surface area (Å²) in [6.45, 7) is 0.617. The van der Waals surface area contributed by atoms with Gasteiger partial charge in [0, 0.05) is 18.3 Å². The molecule has 4 heteroatoms. The molecule has 0 saturated heterocycles. The number of nitrogens with zero attached hydrogens (tertiary/aromatic N) is 1. The van der Waals surface area contributed by atoms with E-state index in [0.29, 0.717) is 6.54 Å². The highest BCUT2D eigenvalue weighted by Crippen LogP contribution is 2.23. The largest absolute Gasteiger partial charge is 0.506 e. The van der Waals surface area contributed by atoms with Crippen LogP contribution in [0.25, 0.3) is 0 Å². The molecule has 0 aliphatic rings. The minimum absolute atomic E-state index is 0.252. The molecule has 0 saturated carbocycles. The van der Waals surface area contributed by atoms with Gasteiger partial charge in [-0.3, -0.25) is 0 Å². The summed E-state index contributed by atoms with van der Waals surface area (Å²) in [5.74, 6) is 0.252. The first-order valence-corrected chi connectivity index (χ1v) is 5.68. The summed E-state index contributed by atoms with van der Waals surface area (Å²) in [6, 6.07) is 11.0. The molecule has 0 bridgehead atoms. The maximum absolute atomic E-state index is 9.57. The molecule has 82 valence electrons. The monoisotopic (exact) mass is 278 g/mol. The van der Waals surface area contributed by atoms with Gasteiger partial charge in [0.05, 0.1) is 5.69 Å². The maximum Gasteiger partial charge on any atom is 0.138 e. The molecule has 0 fully saturated rings. The van der Waals surface area contributed by atoms with E-state index in [0.717, 1.165) is 15.9 Å². The Morgan fingerprint density at radius 2 is 2.00 bits per heavy atom. The molecule has 0 aliphatic carbocycles. The molecule has 1 aromatic carbocycles. The van der Waals surface area contributed by atoms with E-state index in [-0.39, 0.29) is 5.75 Å². The third-order valence-corrected chi connectivity index (χ3v) is 2.92. The summed E-state index contributed by atoms with van der Waals surface area (Å²) in [7, 11) is 0. The maximum atomic E-state index is 9.57. The summed E-state index contributed by atoms with van der Waals surface area (Å²) >= 11 is 3.37. The Hall–Kier alpha value is -1.55. The van der Waals surface area contributed by atoms with Crippen molar-refractivity contribution in [2.75, 3.05) is 5.32 Å². The summed E-state index contributed by atoms with van der Waals surface area (Å²) in [4.78, 5) is 4.13. The molecule has 1 heterocycles. The minimum Gasteiger partial charge on any atom is -0.506 e. The van der Waals surface area contributed by atoms with E-state index in [2.05, 4.69) is 26.2 Å². The average Bonchev–Trinajstić information content (AvgIpc) is 2.30. The number of hydrogen-bond donors (Lipinski definition) is 2. The molecule has 0 radical (unpaired) electrons. The highest BCUT2D eigenvalue weighted by atomic mass is 79.9. The molecule has 0 atom stereocenters. The number of anilines is 1. The molecule has 3 nitrogen and oxygen atoms in total. The molecule has 2 N–H and O–H groups in total. The van der Waals surface area contributed by atoms with Crippen LogP contribution in [0.5, 0.6) is 5.75 Å². The summed E-state index contributed by atoms with van der Waals surface area (Å²) in [5.41, 5.74) is 1.77. The Labute approximate surface area is 102 Å². The van der Waals surface area contributed by atoms with Crippen molar-refractivity contribution in [3.05, 3.63) is 52.8 Å². The van der Waals surface area contributed by atoms with Crippen LogP contribution >= 0.6 is 15.9 Å². The van der Waals surface area contributed by atoms with Crippen molar-refractivity contribution in [2.45, 2.75) is 6.54 Å². The van der Waals surface area contributed by atoms with E-state index >= 15 is 0 Å². The normalized spacial score (nSPS) is 10.1. The molecule has 1 aromatic heterocycles. The lowest BCUT2D eigenvalue weighted by atomic mass is 10.2. The zero-order valence-corrected chi connectivity index (χ0v) is 10.1. The topological polar surface area (TPSA) is 45.1 Å². The minimum atomic E-state index is 0.252. The van der Waals surface area contributed by atoms with Crippen LogP contribution in [0.4, 0.5) is 5.69 Å². The molecule has 0 aliphatic heterocycles. The number of benzene rings is 1. The van der Waals surface area contributed by atoms with Gasteiger partial charge in [-0.05, 0) is 34.1 Å². The molecule has 0 amide bonds. The predicted molar refractivity (Wildman–Crippen MR) is 67.4 cm³/mol. The zero-order chi connectivity index (χ0) is 11.4. The zero-order valence-electron chi connectivity index (χ0n) is 8.52. The molecule has 2 aromatic rings. The highest BCUT2D eigenvalue weighted by Gasteiger charge is 2.01. The van der Waals surface area contributed by atoms with Crippen LogP contribution < -0.4 is 5.32 Å². The van der Waals surface area contributed by atoms with Crippen molar-refractivity contribution >= 4 is 21.6 Å². The number of pyridine rings is 1. The van der Waals surface area contributed by atoms with E-state index < -0.39 is 0 Å². The number of rotatable bonds is 3. The van der Waals surface area contributed by atoms with Gasteiger partial charge in [-0.1, -0.05) is 18.2 Å². The fourth-order valence-electron chi connectivity index (χ4n) is 1.36. The summed E-state index contributed by atoms with van der Waals surface area (Å²) in [6.07, 6.45) is 1.73. The van der Waals surface area contributed by atoms with Crippen molar-refractivity contribution in [1.29, 1.82) is 0 Å². The van der Waals surface area contributed by atoms with Crippen LogP contribution in [0.2, 0.25) is 0 Å². The molecule has 2 rings (SSSR count). The quantitative estimate of drug-likeness (QED) is 0.670. The lowest BCUT2D eigenvalue weighted by Gasteiger charge is -2.08. The third kappa shape index (κ3) is 2.52. The van der Waals surface area contributed by atoms with Crippen LogP contribution in [0.1, 0.15) is 5.56 Å². The van der Waals surface area contributed by atoms with Crippen molar-refractivity contribution < 1.29 is 5.11 Å². The second kappa shape index (κ2) is 4.99. The summed E-state index contributed by atoms with van der Waals surface area (Å²) < 4.78 is 0.818. The lowest BCUT2D eigenvalue weighted by Crippen LogP contribution is -2.00. The predicted octanol–water partition coefficient (Wildman–Crippen LogP) is 3.16. The number of aromatic nitrogens is 1. The third-order valence-electron chi connectivity index (χ3n) is 2.21. The number of phenols is 1. The smallest absolute Gasteiger partial charge is 0.138 e. The van der Waals surface area contributed by atoms with Crippen LogP contribution in [0, 0.1) is 0 Å². The first kappa shape index (κ1) is 11.0. The van der Waals surface area contributed by atoms with Crippen LogP contribution in [-0.2, 0) is 6.54 Å². The van der Waals surface area contributed by atoms with Crippen molar-refractivity contribution in [2.24, 2.45) is 0 Å². The van der Waals surface area contributed by atoms with Gasteiger partial charge < -0.3 is 10.4 Å². The van der Waals surface area contributed by atoms with Crippen LogP contribution in [0.15, 0.2) is 47.2 Å². The van der Waals surface area contributed by atoms with Crippen LogP contribution in [-0.4, -0.2) is 10.1 Å². The number of aromatic hydroxyl groups is 1. The molecule has 0 spiro atoms. The first-order valence-electron chi connectivity index (χ1n) is 4.88. The number of halogens is 1. The van der Waals surface area contributed by atoms with Crippen LogP contribution in [0.3, 0.4) is 0 Å². The van der Waals surface area contributed by atoms with Gasteiger partial charge >= 0.3 is 0 Å². The van der Waals surface area contributed by atoms with Gasteiger partial charge in [-0.2, -0.15) is 0 Å². The van der Waals surface area contributed by atoms with E-state index in [9.17, 15) is 5.11 Å². The van der Waals surface area contributed by atoms with E-state index in [1.54, 1.807) is 18.3 Å². The highest BCUT2D eigenvalue weighted by molar-refractivity contribution is 9.10. The Morgan fingerprint density at radius 3 is 2.75 bits per heavy atom. The number of para-hydroxylation sites is 2. The molecular formula is C12H11BrN2O. The first-order chi connectivity index (χ1) is 7.77. The Kier molecular flexibility index (Phi) is 3.41. The second-order valence-electron chi connectivity index (χ2n) is 3.32. The van der Waals surface area contributed by atoms with E-state index in [1.165, 1.54) is 0 Å². The molecule has 0 unspecified atom stereocenters. The Bertz CT molecular complexity index is 442. The summed E-state index contributed by atoms with van der Waals surface area (Å²) in [5, 5.41) is 12.7. The fraction of sp³-hybridized carbons (Fsp3) is 0.0833. The van der Waals surface area contributed by atoms with Crippen molar-refractivity contribution in [3.63, 3.8) is 0 Å². The van der Waals surface area contributed by atoms with Gasteiger partial charge in [0.2, 0.25) is 0 Å². The lowest BCUT2D eigenvalue weighted by molar-refractivity contribution is 0.477. The Morgan fingerprint density at radius 1 is 1.19 bits per heavy atom. The van der Waals surface area contributed by atoms with Crippen molar-refractivity contribution in [3.8, 4) is 5.75 Å². The average molecular weight is 279 g/mol. The van der Waals surface area contributed by atoms with Gasteiger partial charge in [0.1, 0.15) is 10.4 Å². The van der Waals surface area contributed by atoms with Gasteiger partial charge in [-0.25, -0.2) is 4.98 Å². The van der Waals surface area contributed by atoms with Gasteiger partial charge in [0.25, 0.3) is 0 Å².